The number of esters is 1. The lowest BCUT2D eigenvalue weighted by Gasteiger charge is -2.27. The van der Waals surface area contributed by atoms with Crippen LogP contribution in [0, 0.1) is 0 Å². The smallest absolute Gasteiger partial charge is 0.338 e. The Morgan fingerprint density at radius 1 is 1.35 bits per heavy atom. The molecule has 2 amide bonds. The van der Waals surface area contributed by atoms with E-state index in [0.29, 0.717) is 28.1 Å². The molecule has 1 aliphatic heterocycles. The first kappa shape index (κ1) is 21.3. The Morgan fingerprint density at radius 2 is 2.16 bits per heavy atom. The van der Waals surface area contributed by atoms with Crippen LogP contribution < -0.4 is 16.5 Å². The van der Waals surface area contributed by atoms with Gasteiger partial charge >= 0.3 is 12.0 Å². The fraction of sp³-hybridized carbons (Fsp3) is 0.500. The molecule has 4 rings (SSSR count). The standard InChI is InChI=1S/C20H26N6O4S/c1-2-29-18(27)15-13(22-19(28)23-16(15)14-9-6-10-30-14)11-31-20-25-24-17(26(20)21)12-7-4-3-5-8-12/h6,9-10,12,16H,2-5,7-8,11,21H2,1H3,(H2,22,23,28). The van der Waals surface area contributed by atoms with Gasteiger partial charge < -0.3 is 25.6 Å². The lowest BCUT2D eigenvalue weighted by molar-refractivity contribution is -0.139. The minimum Gasteiger partial charge on any atom is -0.467 e. The summed E-state index contributed by atoms with van der Waals surface area (Å²) in [5.41, 5.74) is 0.718. The molecule has 1 aliphatic carbocycles. The van der Waals surface area contributed by atoms with Gasteiger partial charge in [0.15, 0.2) is 5.82 Å². The van der Waals surface area contributed by atoms with Gasteiger partial charge in [-0.1, -0.05) is 31.0 Å². The van der Waals surface area contributed by atoms with Crippen LogP contribution in [0.25, 0.3) is 0 Å². The summed E-state index contributed by atoms with van der Waals surface area (Å²) in [6.07, 6.45) is 7.19. The number of nitrogens with two attached hydrogens (primary N) is 1. The molecule has 11 heteroatoms. The number of ether oxygens (including phenoxy) is 1. The van der Waals surface area contributed by atoms with Crippen molar-refractivity contribution in [2.45, 2.75) is 56.1 Å². The summed E-state index contributed by atoms with van der Waals surface area (Å²) in [6, 6.07) is 2.23. The van der Waals surface area contributed by atoms with E-state index >= 15 is 0 Å². The number of furan rings is 1. The molecule has 1 unspecified atom stereocenters. The topological polar surface area (TPSA) is 137 Å². The average molecular weight is 447 g/mol. The Hall–Kier alpha value is -2.95. The number of urea groups is 1. The fourth-order valence-electron chi connectivity index (χ4n) is 4.01. The van der Waals surface area contributed by atoms with Crippen molar-refractivity contribution in [3.05, 3.63) is 41.3 Å². The Bertz CT molecular complexity index is 964. The van der Waals surface area contributed by atoms with Gasteiger partial charge in [0.1, 0.15) is 11.8 Å². The average Bonchev–Trinajstić information content (AvgIpc) is 3.43. The number of hydrogen-bond donors (Lipinski definition) is 3. The van der Waals surface area contributed by atoms with Crippen LogP contribution in [0.4, 0.5) is 4.79 Å². The van der Waals surface area contributed by atoms with Gasteiger partial charge in [-0.2, -0.15) is 0 Å². The summed E-state index contributed by atoms with van der Waals surface area (Å²) in [5.74, 6) is 7.56. The molecular weight excluding hydrogens is 420 g/mol. The maximum Gasteiger partial charge on any atom is 0.338 e. The minimum absolute atomic E-state index is 0.212. The van der Waals surface area contributed by atoms with Crippen molar-refractivity contribution in [3.63, 3.8) is 0 Å². The molecule has 2 aliphatic rings. The molecule has 0 bridgehead atoms. The molecule has 2 aromatic heterocycles. The highest BCUT2D eigenvalue weighted by Crippen LogP contribution is 2.33. The molecule has 4 N–H and O–H groups in total. The van der Waals surface area contributed by atoms with Crippen molar-refractivity contribution in [3.8, 4) is 0 Å². The largest absolute Gasteiger partial charge is 0.467 e. The van der Waals surface area contributed by atoms with Gasteiger partial charge in [-0.25, -0.2) is 14.3 Å². The van der Waals surface area contributed by atoms with Crippen molar-refractivity contribution in [1.82, 2.24) is 25.5 Å². The summed E-state index contributed by atoms with van der Waals surface area (Å²) in [7, 11) is 0. The van der Waals surface area contributed by atoms with Crippen molar-refractivity contribution >= 4 is 23.8 Å². The van der Waals surface area contributed by atoms with Crippen LogP contribution >= 0.6 is 11.8 Å². The maximum atomic E-state index is 12.7. The number of thioether (sulfide) groups is 1. The van der Waals surface area contributed by atoms with E-state index in [0.717, 1.165) is 18.7 Å². The van der Waals surface area contributed by atoms with Crippen LogP contribution in [0.2, 0.25) is 0 Å². The SMILES string of the molecule is CCOC(=O)C1=C(CSc2nnc(C3CCCCC3)n2N)NC(=O)NC1c1ccco1. The fourth-order valence-corrected chi connectivity index (χ4v) is 4.85. The van der Waals surface area contributed by atoms with Gasteiger partial charge in [0, 0.05) is 17.4 Å². The number of nitrogens with zero attached hydrogens (tertiary/aromatic N) is 3. The zero-order chi connectivity index (χ0) is 21.8. The third-order valence-electron chi connectivity index (χ3n) is 5.48. The lowest BCUT2D eigenvalue weighted by Crippen LogP contribution is -2.46. The van der Waals surface area contributed by atoms with Crippen LogP contribution in [-0.2, 0) is 9.53 Å². The third kappa shape index (κ3) is 4.55. The number of rotatable bonds is 7. The molecular formula is C20H26N6O4S. The van der Waals surface area contributed by atoms with E-state index in [-0.39, 0.29) is 12.4 Å². The molecule has 0 saturated heterocycles. The van der Waals surface area contributed by atoms with Gasteiger partial charge in [0.2, 0.25) is 5.16 Å². The zero-order valence-electron chi connectivity index (χ0n) is 17.3. The second-order valence-corrected chi connectivity index (χ2v) is 8.44. The monoisotopic (exact) mass is 446 g/mol. The number of carbonyl (C=O) groups excluding carboxylic acids is 2. The molecule has 2 aromatic rings. The predicted octanol–water partition coefficient (Wildman–Crippen LogP) is 2.60. The van der Waals surface area contributed by atoms with E-state index in [1.165, 1.54) is 42.0 Å². The first-order chi connectivity index (χ1) is 15.1. The molecule has 3 heterocycles. The van der Waals surface area contributed by atoms with E-state index in [1.54, 1.807) is 19.1 Å². The summed E-state index contributed by atoms with van der Waals surface area (Å²) in [5, 5.41) is 14.5. The molecule has 31 heavy (non-hydrogen) atoms. The van der Waals surface area contributed by atoms with Gasteiger partial charge in [-0.15, -0.1) is 10.2 Å². The second kappa shape index (κ2) is 9.46. The molecule has 166 valence electrons. The summed E-state index contributed by atoms with van der Waals surface area (Å²) < 4.78 is 12.2. The number of amides is 2. The van der Waals surface area contributed by atoms with Crippen LogP contribution in [0.5, 0.6) is 0 Å². The van der Waals surface area contributed by atoms with Crippen LogP contribution in [-0.4, -0.2) is 39.2 Å². The molecule has 1 saturated carbocycles. The molecule has 0 spiro atoms. The Kier molecular flexibility index (Phi) is 6.50. The quantitative estimate of drug-likeness (QED) is 0.335. The van der Waals surface area contributed by atoms with Crippen LogP contribution in [0.15, 0.2) is 39.2 Å². The van der Waals surface area contributed by atoms with E-state index in [9.17, 15) is 9.59 Å². The molecule has 10 nitrogen and oxygen atoms in total. The van der Waals surface area contributed by atoms with Crippen molar-refractivity contribution in [2.75, 3.05) is 18.2 Å². The minimum atomic E-state index is -0.744. The Balaban J connectivity index is 1.58. The summed E-state index contributed by atoms with van der Waals surface area (Å²) in [6.45, 7) is 1.94. The van der Waals surface area contributed by atoms with E-state index in [1.807, 2.05) is 0 Å². The van der Waals surface area contributed by atoms with Crippen molar-refractivity contribution in [1.29, 1.82) is 0 Å². The number of nitrogens with one attached hydrogen (secondary N) is 2. The van der Waals surface area contributed by atoms with Crippen LogP contribution in [0.3, 0.4) is 0 Å². The second-order valence-electron chi connectivity index (χ2n) is 7.49. The number of carbonyl (C=O) groups is 2. The Morgan fingerprint density at radius 3 is 2.87 bits per heavy atom. The first-order valence-corrected chi connectivity index (χ1v) is 11.4. The highest BCUT2D eigenvalue weighted by molar-refractivity contribution is 7.99. The van der Waals surface area contributed by atoms with Gasteiger partial charge in [-0.3, -0.25) is 0 Å². The predicted molar refractivity (Wildman–Crippen MR) is 113 cm³/mol. The zero-order valence-corrected chi connectivity index (χ0v) is 18.1. The normalized spacial score (nSPS) is 19.8. The maximum absolute atomic E-state index is 12.7. The highest BCUT2D eigenvalue weighted by Gasteiger charge is 2.35. The summed E-state index contributed by atoms with van der Waals surface area (Å²) >= 11 is 1.30. The van der Waals surface area contributed by atoms with Gasteiger partial charge in [-0.05, 0) is 31.9 Å². The number of hydrogen-bond acceptors (Lipinski definition) is 8. The van der Waals surface area contributed by atoms with E-state index in [4.69, 9.17) is 15.0 Å². The first-order valence-electron chi connectivity index (χ1n) is 10.4. The number of nitrogen functional groups attached to an aromatic ring is 1. The van der Waals surface area contributed by atoms with E-state index < -0.39 is 18.0 Å². The van der Waals surface area contributed by atoms with Crippen LogP contribution in [0.1, 0.15) is 62.6 Å². The van der Waals surface area contributed by atoms with Crippen molar-refractivity contribution in [2.24, 2.45) is 0 Å². The molecule has 1 atom stereocenters. The molecule has 1 fully saturated rings. The Labute approximate surface area is 183 Å². The third-order valence-corrected chi connectivity index (χ3v) is 6.45. The lowest BCUT2D eigenvalue weighted by atomic mass is 9.89. The van der Waals surface area contributed by atoms with Crippen molar-refractivity contribution < 1.29 is 18.7 Å². The number of aromatic nitrogens is 3. The van der Waals surface area contributed by atoms with Gasteiger partial charge in [0.25, 0.3) is 0 Å². The highest BCUT2D eigenvalue weighted by atomic mass is 32.2. The van der Waals surface area contributed by atoms with Gasteiger partial charge in [0.05, 0.1) is 18.4 Å². The van der Waals surface area contributed by atoms with E-state index in [2.05, 4.69) is 20.8 Å². The molecule has 0 aromatic carbocycles. The molecule has 0 radical (unpaired) electrons. The summed E-state index contributed by atoms with van der Waals surface area (Å²) in [4.78, 5) is 25.0.